The highest BCUT2D eigenvalue weighted by molar-refractivity contribution is 5.95. The van der Waals surface area contributed by atoms with E-state index in [0.717, 1.165) is 17.1 Å². The monoisotopic (exact) mass is 357 g/mol. The normalized spacial score (nSPS) is 17.2. The van der Waals surface area contributed by atoms with Crippen LogP contribution in [0.25, 0.3) is 5.69 Å². The number of hydrogen-bond donors (Lipinski definition) is 1. The van der Waals surface area contributed by atoms with Gasteiger partial charge in [-0.05, 0) is 43.5 Å². The van der Waals surface area contributed by atoms with Crippen molar-refractivity contribution in [2.24, 2.45) is 5.92 Å². The van der Waals surface area contributed by atoms with Gasteiger partial charge >= 0.3 is 5.97 Å². The lowest BCUT2D eigenvalue weighted by Gasteiger charge is -2.30. The number of rotatable bonds is 5. The van der Waals surface area contributed by atoms with Gasteiger partial charge in [-0.15, -0.1) is 0 Å². The summed E-state index contributed by atoms with van der Waals surface area (Å²) in [6, 6.07) is 7.47. The van der Waals surface area contributed by atoms with Gasteiger partial charge in [0.15, 0.2) is 0 Å². The van der Waals surface area contributed by atoms with Gasteiger partial charge in [-0.1, -0.05) is 6.92 Å². The topological polar surface area (TPSA) is 84.7 Å². The Hall–Kier alpha value is -2.83. The van der Waals surface area contributed by atoms with E-state index in [0.29, 0.717) is 31.4 Å². The van der Waals surface area contributed by atoms with Crippen molar-refractivity contribution < 1.29 is 19.4 Å². The molecule has 1 amide bonds. The molecule has 1 fully saturated rings. The molecule has 1 unspecified atom stereocenters. The number of benzene rings is 1. The SMILES string of the molecule is CCc1c(C(=O)N2CCCC(C(=O)O)C2)cnn1-c1ccc(OC)cc1. The zero-order valence-electron chi connectivity index (χ0n) is 15.0. The maximum atomic E-state index is 13.0. The minimum Gasteiger partial charge on any atom is -0.497 e. The second kappa shape index (κ2) is 7.59. The van der Waals surface area contributed by atoms with Crippen molar-refractivity contribution in [1.29, 1.82) is 0 Å². The van der Waals surface area contributed by atoms with Crippen LogP contribution in [0.15, 0.2) is 30.5 Å². The predicted molar refractivity (Wildman–Crippen MR) is 95.8 cm³/mol. The van der Waals surface area contributed by atoms with Crippen molar-refractivity contribution in [1.82, 2.24) is 14.7 Å². The fourth-order valence-electron chi connectivity index (χ4n) is 3.37. The molecule has 26 heavy (non-hydrogen) atoms. The molecular formula is C19H23N3O4. The summed E-state index contributed by atoms with van der Waals surface area (Å²) >= 11 is 0. The van der Waals surface area contributed by atoms with E-state index in [1.807, 2.05) is 31.2 Å². The summed E-state index contributed by atoms with van der Waals surface area (Å²) in [4.78, 5) is 25.8. The quantitative estimate of drug-likeness (QED) is 0.888. The maximum absolute atomic E-state index is 13.0. The number of nitrogens with zero attached hydrogens (tertiary/aromatic N) is 3. The van der Waals surface area contributed by atoms with E-state index in [4.69, 9.17) is 4.74 Å². The molecule has 1 saturated heterocycles. The van der Waals surface area contributed by atoms with Crippen LogP contribution in [0.5, 0.6) is 5.75 Å². The van der Waals surface area contributed by atoms with Crippen molar-refractivity contribution in [2.45, 2.75) is 26.2 Å². The second-order valence-corrected chi connectivity index (χ2v) is 6.40. The van der Waals surface area contributed by atoms with Gasteiger partial charge in [0, 0.05) is 13.1 Å². The van der Waals surface area contributed by atoms with E-state index in [1.165, 1.54) is 0 Å². The summed E-state index contributed by atoms with van der Waals surface area (Å²) in [6.07, 6.45) is 3.54. The van der Waals surface area contributed by atoms with E-state index < -0.39 is 11.9 Å². The minimum atomic E-state index is -0.841. The lowest BCUT2D eigenvalue weighted by atomic mass is 9.97. The van der Waals surface area contributed by atoms with Crippen molar-refractivity contribution >= 4 is 11.9 Å². The van der Waals surface area contributed by atoms with Crippen molar-refractivity contribution in [3.8, 4) is 11.4 Å². The third kappa shape index (κ3) is 3.42. The Balaban J connectivity index is 1.87. The Morgan fingerprint density at radius 2 is 2.04 bits per heavy atom. The maximum Gasteiger partial charge on any atom is 0.308 e. The Labute approximate surface area is 152 Å². The zero-order valence-corrected chi connectivity index (χ0v) is 15.0. The molecule has 1 aliphatic heterocycles. The molecule has 1 atom stereocenters. The first-order chi connectivity index (χ1) is 12.5. The van der Waals surface area contributed by atoms with E-state index in [2.05, 4.69) is 5.10 Å². The van der Waals surface area contributed by atoms with Crippen LogP contribution in [0, 0.1) is 5.92 Å². The third-order valence-corrected chi connectivity index (χ3v) is 4.81. The van der Waals surface area contributed by atoms with Crippen molar-refractivity contribution in [2.75, 3.05) is 20.2 Å². The van der Waals surface area contributed by atoms with Gasteiger partial charge in [-0.3, -0.25) is 9.59 Å². The summed E-state index contributed by atoms with van der Waals surface area (Å²) in [5.74, 6) is -0.725. The first kappa shape index (κ1) is 18.0. The van der Waals surface area contributed by atoms with Crippen molar-refractivity contribution in [3.05, 3.63) is 41.7 Å². The lowest BCUT2D eigenvalue weighted by Crippen LogP contribution is -2.42. The zero-order chi connectivity index (χ0) is 18.7. The first-order valence-electron chi connectivity index (χ1n) is 8.78. The van der Waals surface area contributed by atoms with E-state index in [-0.39, 0.29) is 12.5 Å². The highest BCUT2D eigenvalue weighted by Crippen LogP contribution is 2.23. The third-order valence-electron chi connectivity index (χ3n) is 4.81. The van der Waals surface area contributed by atoms with E-state index in [1.54, 1.807) is 22.9 Å². The summed E-state index contributed by atoms with van der Waals surface area (Å²) in [5.41, 5.74) is 2.20. The number of aromatic nitrogens is 2. The molecule has 2 aromatic rings. The second-order valence-electron chi connectivity index (χ2n) is 6.40. The van der Waals surface area contributed by atoms with Crippen LogP contribution in [-0.2, 0) is 11.2 Å². The molecule has 1 aromatic carbocycles. The number of aliphatic carboxylic acids is 1. The highest BCUT2D eigenvalue weighted by atomic mass is 16.5. The highest BCUT2D eigenvalue weighted by Gasteiger charge is 2.30. The molecule has 3 rings (SSSR count). The van der Waals surface area contributed by atoms with E-state index >= 15 is 0 Å². The molecule has 7 heteroatoms. The minimum absolute atomic E-state index is 0.146. The van der Waals surface area contributed by atoms with Crippen LogP contribution in [0.1, 0.15) is 35.8 Å². The summed E-state index contributed by atoms with van der Waals surface area (Å²) in [7, 11) is 1.61. The average Bonchev–Trinajstić information content (AvgIpc) is 3.11. The fraction of sp³-hybridized carbons (Fsp3) is 0.421. The number of amides is 1. The summed E-state index contributed by atoms with van der Waals surface area (Å²) in [5, 5.41) is 13.6. The molecule has 2 heterocycles. The van der Waals surface area contributed by atoms with Crippen LogP contribution in [-0.4, -0.2) is 51.9 Å². The molecule has 0 radical (unpaired) electrons. The molecule has 0 aliphatic carbocycles. The van der Waals surface area contributed by atoms with Gasteiger partial charge in [0.25, 0.3) is 5.91 Å². The van der Waals surface area contributed by atoms with E-state index in [9.17, 15) is 14.7 Å². The standard InChI is InChI=1S/C19H23N3O4/c1-3-17-16(18(23)21-10-4-5-13(12-21)19(24)25)11-20-22(17)14-6-8-15(26-2)9-7-14/h6-9,11,13H,3-5,10,12H2,1-2H3,(H,24,25). The van der Waals surface area contributed by atoms with Crippen LogP contribution in [0.4, 0.5) is 0 Å². The van der Waals surface area contributed by atoms with Crippen LogP contribution in [0.3, 0.4) is 0 Å². The summed E-state index contributed by atoms with van der Waals surface area (Å²) < 4.78 is 6.93. The van der Waals surface area contributed by atoms with Crippen molar-refractivity contribution in [3.63, 3.8) is 0 Å². The van der Waals surface area contributed by atoms with Crippen LogP contribution < -0.4 is 4.74 Å². The Kier molecular flexibility index (Phi) is 5.25. The Morgan fingerprint density at radius 1 is 1.31 bits per heavy atom. The largest absolute Gasteiger partial charge is 0.497 e. The van der Waals surface area contributed by atoms with Gasteiger partial charge < -0.3 is 14.7 Å². The van der Waals surface area contributed by atoms with Gasteiger partial charge in [0.05, 0.1) is 36.2 Å². The van der Waals surface area contributed by atoms with Gasteiger partial charge in [-0.2, -0.15) is 5.10 Å². The number of ether oxygens (including phenoxy) is 1. The number of likely N-dealkylation sites (tertiary alicyclic amines) is 1. The summed E-state index contributed by atoms with van der Waals surface area (Å²) in [6.45, 7) is 2.81. The van der Waals surface area contributed by atoms with Gasteiger partial charge in [0.2, 0.25) is 0 Å². The number of carboxylic acids is 1. The van der Waals surface area contributed by atoms with Crippen LogP contribution in [0.2, 0.25) is 0 Å². The number of piperidine rings is 1. The van der Waals surface area contributed by atoms with Gasteiger partial charge in [0.1, 0.15) is 5.75 Å². The molecule has 0 saturated carbocycles. The molecule has 7 nitrogen and oxygen atoms in total. The number of methoxy groups -OCH3 is 1. The smallest absolute Gasteiger partial charge is 0.308 e. The molecule has 1 N–H and O–H groups in total. The van der Waals surface area contributed by atoms with Crippen LogP contribution >= 0.6 is 0 Å². The molecule has 0 bridgehead atoms. The molecule has 1 aliphatic rings. The Bertz CT molecular complexity index is 798. The number of hydrogen-bond acceptors (Lipinski definition) is 4. The number of carbonyl (C=O) groups excluding carboxylic acids is 1. The first-order valence-corrected chi connectivity index (χ1v) is 8.78. The molecule has 138 valence electrons. The molecule has 1 aromatic heterocycles. The lowest BCUT2D eigenvalue weighted by molar-refractivity contribution is -0.143. The number of carboxylic acid groups (broad SMARTS) is 1. The average molecular weight is 357 g/mol. The predicted octanol–water partition coefficient (Wildman–Crippen LogP) is 2.38. The molecular weight excluding hydrogens is 334 g/mol. The number of carbonyl (C=O) groups is 2. The molecule has 0 spiro atoms. The van der Waals surface area contributed by atoms with Gasteiger partial charge in [-0.25, -0.2) is 4.68 Å². The fourth-order valence-corrected chi connectivity index (χ4v) is 3.37. The Morgan fingerprint density at radius 3 is 2.65 bits per heavy atom.